The van der Waals surface area contributed by atoms with Gasteiger partial charge in [0, 0.05) is 11.9 Å². The molecule has 0 atom stereocenters. The second-order valence-electron chi connectivity index (χ2n) is 3.92. The van der Waals surface area contributed by atoms with Gasteiger partial charge in [0.2, 0.25) is 0 Å². The van der Waals surface area contributed by atoms with Crippen LogP contribution in [0, 0.1) is 32.1 Å². The Kier molecular flexibility index (Phi) is 2.56. The van der Waals surface area contributed by atoms with E-state index in [0.29, 0.717) is 17.1 Å². The summed E-state index contributed by atoms with van der Waals surface area (Å²) in [5.41, 5.74) is 9.71. The zero-order chi connectivity index (χ0) is 12.6. The summed E-state index contributed by atoms with van der Waals surface area (Å²) in [7, 11) is 0. The van der Waals surface area contributed by atoms with Gasteiger partial charge in [-0.25, -0.2) is 9.67 Å². The quantitative estimate of drug-likeness (QED) is 0.803. The molecule has 2 rings (SSSR count). The van der Waals surface area contributed by atoms with Crippen LogP contribution in [0.5, 0.6) is 0 Å². The molecular formula is C12H13N5. The van der Waals surface area contributed by atoms with Gasteiger partial charge in [-0.1, -0.05) is 0 Å². The number of aryl methyl sites for hydroxylation is 1. The maximum Gasteiger partial charge on any atom is 0.178 e. The predicted molar refractivity (Wildman–Crippen MR) is 64.7 cm³/mol. The van der Waals surface area contributed by atoms with E-state index < -0.39 is 0 Å². The van der Waals surface area contributed by atoms with Crippen LogP contribution in [-0.4, -0.2) is 14.8 Å². The third kappa shape index (κ3) is 1.64. The van der Waals surface area contributed by atoms with Gasteiger partial charge in [0.1, 0.15) is 6.07 Å². The van der Waals surface area contributed by atoms with Crippen molar-refractivity contribution < 1.29 is 0 Å². The molecule has 0 spiro atoms. The Labute approximate surface area is 99.5 Å². The van der Waals surface area contributed by atoms with Crippen molar-refractivity contribution in [2.75, 3.05) is 5.73 Å². The number of nitrogen functional groups attached to an aromatic ring is 1. The Morgan fingerprint density at radius 2 is 2.06 bits per heavy atom. The molecule has 0 aliphatic heterocycles. The Morgan fingerprint density at radius 3 is 2.59 bits per heavy atom. The first-order valence-electron chi connectivity index (χ1n) is 5.24. The van der Waals surface area contributed by atoms with Crippen LogP contribution in [0.2, 0.25) is 0 Å². The minimum Gasteiger partial charge on any atom is -0.395 e. The number of rotatable bonds is 1. The van der Waals surface area contributed by atoms with Crippen LogP contribution < -0.4 is 5.73 Å². The van der Waals surface area contributed by atoms with Gasteiger partial charge in [0.15, 0.2) is 5.82 Å². The fourth-order valence-electron chi connectivity index (χ4n) is 1.66. The fourth-order valence-corrected chi connectivity index (χ4v) is 1.66. The second kappa shape index (κ2) is 3.91. The molecule has 86 valence electrons. The van der Waals surface area contributed by atoms with E-state index in [0.717, 1.165) is 17.0 Å². The summed E-state index contributed by atoms with van der Waals surface area (Å²) >= 11 is 0. The molecule has 0 amide bonds. The fraction of sp³-hybridized carbons (Fsp3) is 0.250. The molecule has 5 nitrogen and oxygen atoms in total. The molecule has 0 aromatic carbocycles. The molecular weight excluding hydrogens is 214 g/mol. The van der Waals surface area contributed by atoms with Crippen LogP contribution in [0.1, 0.15) is 22.5 Å². The van der Waals surface area contributed by atoms with Gasteiger partial charge in [0.05, 0.1) is 16.9 Å². The first-order valence-corrected chi connectivity index (χ1v) is 5.24. The van der Waals surface area contributed by atoms with Gasteiger partial charge in [-0.3, -0.25) is 0 Å². The molecule has 0 aliphatic carbocycles. The van der Waals surface area contributed by atoms with Crippen molar-refractivity contribution in [3.8, 4) is 11.9 Å². The molecule has 0 saturated carbocycles. The molecule has 5 heteroatoms. The van der Waals surface area contributed by atoms with Crippen molar-refractivity contribution in [2.24, 2.45) is 0 Å². The van der Waals surface area contributed by atoms with Gasteiger partial charge in [0.25, 0.3) is 0 Å². The maximum atomic E-state index is 8.93. The van der Waals surface area contributed by atoms with Gasteiger partial charge in [-0.05, 0) is 32.4 Å². The number of hydrogen-bond acceptors (Lipinski definition) is 4. The summed E-state index contributed by atoms with van der Waals surface area (Å²) in [5.74, 6) is 0.512. The standard InChI is InChI=1S/C12H13N5/c1-7-8(2)16-17(9(7)3)12-11(14)10(6-13)4-5-15-12/h4-5H,14H2,1-3H3. The summed E-state index contributed by atoms with van der Waals surface area (Å²) in [6, 6.07) is 3.63. The van der Waals surface area contributed by atoms with E-state index in [-0.39, 0.29) is 0 Å². The largest absolute Gasteiger partial charge is 0.395 e. The highest BCUT2D eigenvalue weighted by Crippen LogP contribution is 2.21. The average molecular weight is 227 g/mol. The Balaban J connectivity index is 2.70. The topological polar surface area (TPSA) is 80.5 Å². The van der Waals surface area contributed by atoms with E-state index in [1.807, 2.05) is 26.8 Å². The molecule has 2 heterocycles. The van der Waals surface area contributed by atoms with Gasteiger partial charge in [-0.15, -0.1) is 0 Å². The van der Waals surface area contributed by atoms with Crippen LogP contribution in [0.3, 0.4) is 0 Å². The Morgan fingerprint density at radius 1 is 1.35 bits per heavy atom. The molecule has 2 aromatic rings. The third-order valence-corrected chi connectivity index (χ3v) is 2.94. The number of nitrogens with zero attached hydrogens (tertiary/aromatic N) is 4. The number of hydrogen-bond donors (Lipinski definition) is 1. The van der Waals surface area contributed by atoms with Crippen LogP contribution in [0.4, 0.5) is 5.69 Å². The monoisotopic (exact) mass is 227 g/mol. The van der Waals surface area contributed by atoms with E-state index in [2.05, 4.69) is 10.1 Å². The third-order valence-electron chi connectivity index (χ3n) is 2.94. The van der Waals surface area contributed by atoms with Crippen LogP contribution in [0.15, 0.2) is 12.3 Å². The van der Waals surface area contributed by atoms with E-state index in [1.165, 1.54) is 0 Å². The van der Waals surface area contributed by atoms with Gasteiger partial charge in [-0.2, -0.15) is 10.4 Å². The lowest BCUT2D eigenvalue weighted by Crippen LogP contribution is -2.07. The van der Waals surface area contributed by atoms with Crippen LogP contribution in [-0.2, 0) is 0 Å². The molecule has 0 fully saturated rings. The van der Waals surface area contributed by atoms with Crippen molar-refractivity contribution in [1.82, 2.24) is 14.8 Å². The smallest absolute Gasteiger partial charge is 0.178 e. The molecule has 0 bridgehead atoms. The molecule has 2 N–H and O–H groups in total. The highest BCUT2D eigenvalue weighted by molar-refractivity contribution is 5.63. The number of pyridine rings is 1. The highest BCUT2D eigenvalue weighted by Gasteiger charge is 2.14. The number of aromatic nitrogens is 3. The Bertz CT molecular complexity index is 619. The highest BCUT2D eigenvalue weighted by atomic mass is 15.3. The predicted octanol–water partition coefficient (Wildman–Crippen LogP) is 1.65. The zero-order valence-electron chi connectivity index (χ0n) is 10.0. The lowest BCUT2D eigenvalue weighted by molar-refractivity contribution is 0.808. The lowest BCUT2D eigenvalue weighted by atomic mass is 10.2. The van der Waals surface area contributed by atoms with Gasteiger partial charge < -0.3 is 5.73 Å². The van der Waals surface area contributed by atoms with Crippen molar-refractivity contribution >= 4 is 5.69 Å². The van der Waals surface area contributed by atoms with Crippen molar-refractivity contribution in [1.29, 1.82) is 5.26 Å². The number of nitrogens with two attached hydrogens (primary N) is 1. The molecule has 0 radical (unpaired) electrons. The summed E-state index contributed by atoms with van der Waals surface area (Å²) in [4.78, 5) is 4.20. The summed E-state index contributed by atoms with van der Waals surface area (Å²) in [6.45, 7) is 5.89. The summed E-state index contributed by atoms with van der Waals surface area (Å²) in [6.07, 6.45) is 1.57. The minimum absolute atomic E-state index is 0.362. The molecule has 2 aromatic heterocycles. The summed E-state index contributed by atoms with van der Waals surface area (Å²) in [5, 5.41) is 13.3. The summed E-state index contributed by atoms with van der Waals surface area (Å²) < 4.78 is 1.68. The van der Waals surface area contributed by atoms with Crippen LogP contribution in [0.25, 0.3) is 5.82 Å². The van der Waals surface area contributed by atoms with E-state index in [1.54, 1.807) is 16.9 Å². The first-order chi connectivity index (χ1) is 8.06. The maximum absolute atomic E-state index is 8.93. The van der Waals surface area contributed by atoms with E-state index >= 15 is 0 Å². The van der Waals surface area contributed by atoms with Crippen LogP contribution >= 0.6 is 0 Å². The van der Waals surface area contributed by atoms with E-state index in [9.17, 15) is 0 Å². The van der Waals surface area contributed by atoms with Crippen molar-refractivity contribution in [2.45, 2.75) is 20.8 Å². The Hall–Kier alpha value is -2.35. The zero-order valence-corrected chi connectivity index (χ0v) is 10.0. The van der Waals surface area contributed by atoms with Gasteiger partial charge >= 0.3 is 0 Å². The first kappa shape index (κ1) is 11.1. The SMILES string of the molecule is Cc1nn(-c2nccc(C#N)c2N)c(C)c1C. The minimum atomic E-state index is 0.362. The number of anilines is 1. The average Bonchev–Trinajstić information content (AvgIpc) is 2.57. The number of nitriles is 1. The molecule has 0 aliphatic rings. The van der Waals surface area contributed by atoms with E-state index in [4.69, 9.17) is 11.0 Å². The molecule has 17 heavy (non-hydrogen) atoms. The molecule has 0 unspecified atom stereocenters. The second-order valence-corrected chi connectivity index (χ2v) is 3.92. The molecule has 0 saturated heterocycles. The van der Waals surface area contributed by atoms with Crippen molar-refractivity contribution in [3.05, 3.63) is 34.8 Å². The lowest BCUT2D eigenvalue weighted by Gasteiger charge is -2.07. The normalized spacial score (nSPS) is 10.2. The van der Waals surface area contributed by atoms with Crippen molar-refractivity contribution in [3.63, 3.8) is 0 Å².